The third kappa shape index (κ3) is 3.23. The summed E-state index contributed by atoms with van der Waals surface area (Å²) in [4.78, 5) is 4.38. The largest absolute Gasteiger partial charge is 0.305 e. The van der Waals surface area contributed by atoms with E-state index < -0.39 is 0 Å². The van der Waals surface area contributed by atoms with Crippen LogP contribution in [0.25, 0.3) is 0 Å². The number of hydrogen-bond donors (Lipinski definition) is 1. The van der Waals surface area contributed by atoms with Crippen LogP contribution in [0.15, 0.2) is 29.1 Å². The van der Waals surface area contributed by atoms with Gasteiger partial charge in [-0.15, -0.1) is 11.3 Å². The first-order valence-corrected chi connectivity index (χ1v) is 7.48. The highest BCUT2D eigenvalue weighted by Crippen LogP contribution is 2.28. The molecule has 1 aromatic carbocycles. The van der Waals surface area contributed by atoms with Gasteiger partial charge in [0.1, 0.15) is 0 Å². The zero-order valence-electron chi connectivity index (χ0n) is 9.99. The maximum Gasteiger partial charge on any atom is 0.0795 e. The van der Waals surface area contributed by atoms with E-state index in [9.17, 15) is 0 Å². The highest BCUT2D eigenvalue weighted by Gasteiger charge is 2.16. The highest BCUT2D eigenvalue weighted by molar-refractivity contribution is 7.07. The number of rotatable bonds is 5. The zero-order chi connectivity index (χ0) is 13.0. The van der Waals surface area contributed by atoms with Gasteiger partial charge in [-0.2, -0.15) is 0 Å². The predicted molar refractivity (Wildman–Crippen MR) is 78.7 cm³/mol. The Morgan fingerprint density at radius 1 is 1.33 bits per heavy atom. The Balaban J connectivity index is 2.30. The summed E-state index contributed by atoms with van der Waals surface area (Å²) in [5.41, 5.74) is 3.95. The molecule has 5 heteroatoms. The van der Waals surface area contributed by atoms with Crippen molar-refractivity contribution in [2.24, 2.45) is 0 Å². The maximum atomic E-state index is 6.08. The molecule has 1 aromatic heterocycles. The Kier molecular flexibility index (Phi) is 5.01. The molecule has 18 heavy (non-hydrogen) atoms. The minimum Gasteiger partial charge on any atom is -0.305 e. The lowest BCUT2D eigenvalue weighted by atomic mass is 10.0. The predicted octanol–water partition coefficient (Wildman–Crippen LogP) is 4.54. The second-order valence-electron chi connectivity index (χ2n) is 3.97. The third-order valence-electron chi connectivity index (χ3n) is 2.62. The van der Waals surface area contributed by atoms with Gasteiger partial charge in [-0.25, -0.2) is 4.98 Å². The molecule has 0 saturated heterocycles. The number of thiazole rings is 1. The molecule has 0 radical (unpaired) electrons. The lowest BCUT2D eigenvalue weighted by Gasteiger charge is -2.17. The SMILES string of the molecule is CCCNC(c1ccc(Cl)c(Cl)c1)c1cscn1. The van der Waals surface area contributed by atoms with Gasteiger partial charge in [0.15, 0.2) is 0 Å². The van der Waals surface area contributed by atoms with Gasteiger partial charge in [0.2, 0.25) is 0 Å². The summed E-state index contributed by atoms with van der Waals surface area (Å²) < 4.78 is 0. The number of benzene rings is 1. The Hall–Kier alpha value is -0.610. The van der Waals surface area contributed by atoms with E-state index in [2.05, 4.69) is 22.6 Å². The molecular formula is C13H14Cl2N2S. The van der Waals surface area contributed by atoms with Crippen molar-refractivity contribution in [2.75, 3.05) is 6.54 Å². The van der Waals surface area contributed by atoms with Gasteiger partial charge in [0, 0.05) is 5.38 Å². The van der Waals surface area contributed by atoms with Crippen molar-refractivity contribution in [2.45, 2.75) is 19.4 Å². The molecule has 96 valence electrons. The fourth-order valence-corrected chi connectivity index (χ4v) is 2.62. The molecule has 1 heterocycles. The zero-order valence-corrected chi connectivity index (χ0v) is 12.3. The van der Waals surface area contributed by atoms with E-state index in [1.165, 1.54) is 0 Å². The third-order valence-corrected chi connectivity index (χ3v) is 3.97. The van der Waals surface area contributed by atoms with Crippen LogP contribution in [0.5, 0.6) is 0 Å². The molecule has 2 nitrogen and oxygen atoms in total. The number of nitrogens with one attached hydrogen (secondary N) is 1. The molecule has 2 aromatic rings. The Bertz CT molecular complexity index is 500. The first kappa shape index (κ1) is 13.8. The number of hydrogen-bond acceptors (Lipinski definition) is 3. The Labute approximate surface area is 121 Å². The van der Waals surface area contributed by atoms with E-state index in [0.29, 0.717) is 10.0 Å². The molecule has 0 spiro atoms. The summed E-state index contributed by atoms with van der Waals surface area (Å²) in [6.07, 6.45) is 1.07. The second kappa shape index (κ2) is 6.53. The van der Waals surface area contributed by atoms with Crippen LogP contribution in [0.3, 0.4) is 0 Å². The van der Waals surface area contributed by atoms with Crippen molar-refractivity contribution >= 4 is 34.5 Å². The summed E-state index contributed by atoms with van der Waals surface area (Å²) in [7, 11) is 0. The van der Waals surface area contributed by atoms with Crippen molar-refractivity contribution in [3.8, 4) is 0 Å². The smallest absolute Gasteiger partial charge is 0.0795 e. The van der Waals surface area contributed by atoms with Gasteiger partial charge in [0.25, 0.3) is 0 Å². The van der Waals surface area contributed by atoms with E-state index in [-0.39, 0.29) is 6.04 Å². The monoisotopic (exact) mass is 300 g/mol. The average molecular weight is 301 g/mol. The van der Waals surface area contributed by atoms with Crippen LogP contribution in [0.1, 0.15) is 30.6 Å². The molecule has 1 N–H and O–H groups in total. The first-order valence-electron chi connectivity index (χ1n) is 5.78. The van der Waals surface area contributed by atoms with Gasteiger partial charge in [-0.1, -0.05) is 36.2 Å². The Morgan fingerprint density at radius 3 is 2.78 bits per heavy atom. The minimum absolute atomic E-state index is 0.0750. The molecule has 0 fully saturated rings. The maximum absolute atomic E-state index is 6.08. The van der Waals surface area contributed by atoms with Gasteiger partial charge in [-0.05, 0) is 30.7 Å². The number of aromatic nitrogens is 1. The van der Waals surface area contributed by atoms with E-state index in [0.717, 1.165) is 24.2 Å². The molecule has 0 aliphatic rings. The minimum atomic E-state index is 0.0750. The quantitative estimate of drug-likeness (QED) is 0.877. The second-order valence-corrected chi connectivity index (χ2v) is 5.51. The molecule has 0 bridgehead atoms. The fourth-order valence-electron chi connectivity index (χ4n) is 1.74. The number of halogens is 2. The van der Waals surface area contributed by atoms with Crippen LogP contribution in [0, 0.1) is 0 Å². The molecule has 0 aliphatic heterocycles. The normalized spacial score (nSPS) is 12.6. The van der Waals surface area contributed by atoms with Crippen molar-refractivity contribution in [1.29, 1.82) is 0 Å². The van der Waals surface area contributed by atoms with Gasteiger partial charge < -0.3 is 5.32 Å². The van der Waals surface area contributed by atoms with Crippen LogP contribution in [-0.4, -0.2) is 11.5 Å². The molecule has 2 rings (SSSR count). The van der Waals surface area contributed by atoms with Crippen LogP contribution in [0.4, 0.5) is 0 Å². The van der Waals surface area contributed by atoms with E-state index in [1.54, 1.807) is 11.3 Å². The summed E-state index contributed by atoms with van der Waals surface area (Å²) in [6, 6.07) is 5.79. The molecule has 0 amide bonds. The molecule has 0 saturated carbocycles. The Morgan fingerprint density at radius 2 is 2.17 bits per heavy atom. The fraction of sp³-hybridized carbons (Fsp3) is 0.308. The van der Waals surface area contributed by atoms with Crippen LogP contribution < -0.4 is 5.32 Å². The first-order chi connectivity index (χ1) is 8.72. The summed E-state index contributed by atoms with van der Waals surface area (Å²) >= 11 is 13.6. The number of nitrogens with zero attached hydrogens (tertiary/aromatic N) is 1. The van der Waals surface area contributed by atoms with Crippen molar-refractivity contribution in [1.82, 2.24) is 10.3 Å². The summed E-state index contributed by atoms with van der Waals surface area (Å²) in [6.45, 7) is 3.07. The topological polar surface area (TPSA) is 24.9 Å². The van der Waals surface area contributed by atoms with Crippen molar-refractivity contribution in [3.05, 3.63) is 50.4 Å². The average Bonchev–Trinajstić information content (AvgIpc) is 2.88. The molecular weight excluding hydrogens is 287 g/mol. The van der Waals surface area contributed by atoms with E-state index in [4.69, 9.17) is 23.2 Å². The van der Waals surface area contributed by atoms with Gasteiger partial charge >= 0.3 is 0 Å². The van der Waals surface area contributed by atoms with Crippen LogP contribution >= 0.6 is 34.5 Å². The molecule has 0 aliphatic carbocycles. The molecule has 1 unspecified atom stereocenters. The summed E-state index contributed by atoms with van der Waals surface area (Å²) in [5, 5.41) is 6.68. The van der Waals surface area contributed by atoms with Crippen LogP contribution in [0.2, 0.25) is 10.0 Å². The van der Waals surface area contributed by atoms with Gasteiger partial charge in [0.05, 0.1) is 27.3 Å². The van der Waals surface area contributed by atoms with E-state index >= 15 is 0 Å². The lowest BCUT2D eigenvalue weighted by molar-refractivity contribution is 0.589. The van der Waals surface area contributed by atoms with Crippen LogP contribution in [-0.2, 0) is 0 Å². The lowest BCUT2D eigenvalue weighted by Crippen LogP contribution is -2.23. The van der Waals surface area contributed by atoms with E-state index in [1.807, 2.05) is 23.7 Å². The standard InChI is InChI=1S/C13H14Cl2N2S/c1-2-5-16-13(12-7-18-8-17-12)9-3-4-10(14)11(15)6-9/h3-4,6-8,13,16H,2,5H2,1H3. The highest BCUT2D eigenvalue weighted by atomic mass is 35.5. The van der Waals surface area contributed by atoms with Crippen molar-refractivity contribution in [3.63, 3.8) is 0 Å². The van der Waals surface area contributed by atoms with Crippen molar-refractivity contribution < 1.29 is 0 Å². The molecule has 1 atom stereocenters. The summed E-state index contributed by atoms with van der Waals surface area (Å²) in [5.74, 6) is 0. The van der Waals surface area contributed by atoms with Gasteiger partial charge in [-0.3, -0.25) is 0 Å².